The van der Waals surface area contributed by atoms with Crippen LogP contribution in [-0.2, 0) is 6.42 Å². The van der Waals surface area contributed by atoms with Crippen molar-refractivity contribution in [2.75, 3.05) is 0 Å². The topological polar surface area (TPSA) is 40.5 Å². The molecule has 3 rings (SSSR count). The number of allylic oxidation sites excluding steroid dienone is 2. The van der Waals surface area contributed by atoms with Crippen molar-refractivity contribution in [3.63, 3.8) is 0 Å². The van der Waals surface area contributed by atoms with Gasteiger partial charge in [-0.25, -0.2) is 0 Å². The summed E-state index contributed by atoms with van der Waals surface area (Å²) in [7, 11) is 0. The first-order valence-electron chi connectivity index (χ1n) is 8.17. The van der Waals surface area contributed by atoms with E-state index in [1.54, 1.807) is 6.07 Å². The summed E-state index contributed by atoms with van der Waals surface area (Å²) in [6, 6.07) is 5.75. The molecular formula is C19H26O2. The number of aliphatic hydroxyl groups is 1. The van der Waals surface area contributed by atoms with Gasteiger partial charge in [-0.3, -0.25) is 0 Å². The first kappa shape index (κ1) is 14.6. The SMILES string of the molecule is CC[C@@]1(C)C(C2=CCc3cc(O)ccc3C2C)CC[C@@H]1O. The van der Waals surface area contributed by atoms with Crippen LogP contribution < -0.4 is 0 Å². The predicted molar refractivity (Wildman–Crippen MR) is 85.4 cm³/mol. The third-order valence-electron chi connectivity index (χ3n) is 6.10. The van der Waals surface area contributed by atoms with Crippen LogP contribution in [0.15, 0.2) is 29.8 Å². The van der Waals surface area contributed by atoms with E-state index in [-0.39, 0.29) is 11.5 Å². The van der Waals surface area contributed by atoms with Crippen molar-refractivity contribution >= 4 is 0 Å². The second-order valence-corrected chi connectivity index (χ2v) is 7.02. The maximum atomic E-state index is 10.4. The second kappa shape index (κ2) is 5.17. The zero-order chi connectivity index (χ0) is 15.2. The van der Waals surface area contributed by atoms with Crippen LogP contribution in [0.5, 0.6) is 5.75 Å². The van der Waals surface area contributed by atoms with Crippen LogP contribution in [0.1, 0.15) is 57.1 Å². The lowest BCUT2D eigenvalue weighted by Crippen LogP contribution is -2.34. The van der Waals surface area contributed by atoms with E-state index in [9.17, 15) is 10.2 Å². The molecule has 0 saturated heterocycles. The van der Waals surface area contributed by atoms with E-state index >= 15 is 0 Å². The maximum absolute atomic E-state index is 10.4. The first-order chi connectivity index (χ1) is 9.97. The number of aromatic hydroxyl groups is 1. The highest BCUT2D eigenvalue weighted by Crippen LogP contribution is 2.53. The summed E-state index contributed by atoms with van der Waals surface area (Å²) in [6.07, 6.45) is 6.10. The fourth-order valence-electron chi connectivity index (χ4n) is 4.47. The Labute approximate surface area is 127 Å². The molecule has 0 aliphatic heterocycles. The molecule has 1 fully saturated rings. The molecule has 0 amide bonds. The van der Waals surface area contributed by atoms with E-state index < -0.39 is 0 Å². The Morgan fingerprint density at radius 3 is 2.76 bits per heavy atom. The van der Waals surface area contributed by atoms with Crippen molar-refractivity contribution in [2.45, 2.75) is 58.5 Å². The van der Waals surface area contributed by atoms with Crippen molar-refractivity contribution in [3.05, 3.63) is 41.0 Å². The minimum absolute atomic E-state index is 0.00845. The molecule has 0 spiro atoms. The summed E-state index contributed by atoms with van der Waals surface area (Å²) in [5, 5.41) is 20.1. The van der Waals surface area contributed by atoms with E-state index in [1.165, 1.54) is 16.7 Å². The van der Waals surface area contributed by atoms with E-state index in [1.807, 2.05) is 6.07 Å². The molecular weight excluding hydrogens is 260 g/mol. The minimum Gasteiger partial charge on any atom is -0.508 e. The van der Waals surface area contributed by atoms with Crippen molar-refractivity contribution in [3.8, 4) is 5.75 Å². The van der Waals surface area contributed by atoms with Gasteiger partial charge in [0.05, 0.1) is 6.10 Å². The van der Waals surface area contributed by atoms with Gasteiger partial charge in [0.2, 0.25) is 0 Å². The third kappa shape index (κ3) is 2.20. The smallest absolute Gasteiger partial charge is 0.115 e. The fraction of sp³-hybridized carbons (Fsp3) is 0.579. The van der Waals surface area contributed by atoms with Crippen LogP contribution in [0.25, 0.3) is 0 Å². The molecule has 0 bridgehead atoms. The molecule has 21 heavy (non-hydrogen) atoms. The van der Waals surface area contributed by atoms with Crippen LogP contribution in [0, 0.1) is 11.3 Å². The van der Waals surface area contributed by atoms with Crippen molar-refractivity contribution in [1.29, 1.82) is 0 Å². The van der Waals surface area contributed by atoms with Crippen LogP contribution >= 0.6 is 0 Å². The van der Waals surface area contributed by atoms with Crippen LogP contribution in [0.4, 0.5) is 0 Å². The largest absolute Gasteiger partial charge is 0.508 e. The highest BCUT2D eigenvalue weighted by atomic mass is 16.3. The molecule has 2 heteroatoms. The zero-order valence-corrected chi connectivity index (χ0v) is 13.3. The molecule has 0 heterocycles. The lowest BCUT2D eigenvalue weighted by atomic mass is 9.67. The van der Waals surface area contributed by atoms with Gasteiger partial charge in [-0.05, 0) is 60.3 Å². The van der Waals surface area contributed by atoms with E-state index in [4.69, 9.17) is 0 Å². The average molecular weight is 286 g/mol. The standard InChI is InChI=1S/C19H26O2/c1-4-19(3)17(9-10-18(19)21)16-7-5-13-11-14(20)6-8-15(13)12(16)2/h6-8,11-12,17-18,20-21H,4-5,9-10H2,1-3H3/t12?,17?,18-,19-/m0/s1. The van der Waals surface area contributed by atoms with E-state index in [0.717, 1.165) is 25.7 Å². The summed E-state index contributed by atoms with van der Waals surface area (Å²) in [4.78, 5) is 0. The second-order valence-electron chi connectivity index (χ2n) is 7.02. The van der Waals surface area contributed by atoms with E-state index in [0.29, 0.717) is 17.6 Å². The summed E-state index contributed by atoms with van der Waals surface area (Å²) < 4.78 is 0. The van der Waals surface area contributed by atoms with Gasteiger partial charge in [0.25, 0.3) is 0 Å². The summed E-state index contributed by atoms with van der Waals surface area (Å²) >= 11 is 0. The Kier molecular flexibility index (Phi) is 3.61. The number of rotatable bonds is 2. The lowest BCUT2D eigenvalue weighted by molar-refractivity contribution is 0.0435. The molecule has 2 nitrogen and oxygen atoms in total. The van der Waals surface area contributed by atoms with Gasteiger partial charge in [0.15, 0.2) is 0 Å². The van der Waals surface area contributed by atoms with Gasteiger partial charge in [0.1, 0.15) is 5.75 Å². The highest BCUT2D eigenvalue weighted by Gasteiger charge is 2.47. The fourth-order valence-corrected chi connectivity index (χ4v) is 4.47. The number of benzene rings is 1. The summed E-state index contributed by atoms with van der Waals surface area (Å²) in [6.45, 7) is 6.71. The summed E-state index contributed by atoms with van der Waals surface area (Å²) in [5.74, 6) is 1.22. The number of hydrogen-bond donors (Lipinski definition) is 2. The summed E-state index contributed by atoms with van der Waals surface area (Å²) in [5.41, 5.74) is 4.08. The molecule has 2 unspecified atom stereocenters. The average Bonchev–Trinajstić information content (AvgIpc) is 2.76. The normalized spacial score (nSPS) is 35.4. The molecule has 1 saturated carbocycles. The molecule has 2 N–H and O–H groups in total. The Bertz CT molecular complexity index is 575. The first-order valence-corrected chi connectivity index (χ1v) is 8.17. The quantitative estimate of drug-likeness (QED) is 0.801. The maximum Gasteiger partial charge on any atom is 0.115 e. The van der Waals surface area contributed by atoms with Gasteiger partial charge in [-0.1, -0.05) is 38.5 Å². The molecule has 0 aromatic heterocycles. The predicted octanol–water partition coefficient (Wildman–Crippen LogP) is 4.17. The van der Waals surface area contributed by atoms with Crippen LogP contribution in [0.3, 0.4) is 0 Å². The molecule has 2 aliphatic carbocycles. The monoisotopic (exact) mass is 286 g/mol. The number of phenols is 1. The molecule has 1 aromatic carbocycles. The number of hydrogen-bond acceptors (Lipinski definition) is 2. The minimum atomic E-state index is -0.179. The Balaban J connectivity index is 1.95. The molecule has 114 valence electrons. The number of aliphatic hydroxyl groups excluding tert-OH is 1. The van der Waals surface area contributed by atoms with Crippen molar-refractivity contribution < 1.29 is 10.2 Å². The zero-order valence-electron chi connectivity index (χ0n) is 13.3. The van der Waals surface area contributed by atoms with Gasteiger partial charge < -0.3 is 10.2 Å². The van der Waals surface area contributed by atoms with Gasteiger partial charge >= 0.3 is 0 Å². The Morgan fingerprint density at radius 1 is 1.29 bits per heavy atom. The van der Waals surface area contributed by atoms with Crippen LogP contribution in [0.2, 0.25) is 0 Å². The third-order valence-corrected chi connectivity index (χ3v) is 6.10. The number of fused-ring (bicyclic) bond motifs is 1. The molecule has 4 atom stereocenters. The van der Waals surface area contributed by atoms with Crippen LogP contribution in [-0.4, -0.2) is 16.3 Å². The molecule has 2 aliphatic rings. The molecule has 1 aromatic rings. The highest BCUT2D eigenvalue weighted by molar-refractivity contribution is 5.45. The Morgan fingerprint density at radius 2 is 2.05 bits per heavy atom. The number of phenolic OH excluding ortho intramolecular Hbond substituents is 1. The molecule has 0 radical (unpaired) electrons. The van der Waals surface area contributed by atoms with E-state index in [2.05, 4.69) is 32.9 Å². The van der Waals surface area contributed by atoms with Gasteiger partial charge in [0, 0.05) is 5.92 Å². The lowest BCUT2D eigenvalue weighted by Gasteiger charge is -2.39. The Hall–Kier alpha value is -1.28. The van der Waals surface area contributed by atoms with Gasteiger partial charge in [-0.15, -0.1) is 0 Å². The van der Waals surface area contributed by atoms with Gasteiger partial charge in [-0.2, -0.15) is 0 Å². The van der Waals surface area contributed by atoms with Crippen molar-refractivity contribution in [1.82, 2.24) is 0 Å². The van der Waals surface area contributed by atoms with Crippen molar-refractivity contribution in [2.24, 2.45) is 11.3 Å².